The van der Waals surface area contributed by atoms with Gasteiger partial charge in [0, 0.05) is 12.1 Å². The van der Waals surface area contributed by atoms with Gasteiger partial charge in [-0.15, -0.1) is 5.10 Å². The van der Waals surface area contributed by atoms with E-state index in [-0.39, 0.29) is 28.3 Å². The van der Waals surface area contributed by atoms with Crippen molar-refractivity contribution in [3.8, 4) is 17.5 Å². The zero-order valence-corrected chi connectivity index (χ0v) is 22.7. The first-order valence-corrected chi connectivity index (χ1v) is 12.0. The van der Waals surface area contributed by atoms with E-state index in [1.54, 1.807) is 24.3 Å². The minimum absolute atomic E-state index is 0.0625. The first-order chi connectivity index (χ1) is 17.2. The van der Waals surface area contributed by atoms with E-state index in [1.165, 1.54) is 18.0 Å². The molecule has 0 saturated carbocycles. The number of hydrogen-bond donors (Lipinski definition) is 2. The largest absolute Gasteiger partial charge is 0.493 e. The molecule has 194 valence electrons. The number of carbonyl (C=O) groups is 2. The van der Waals surface area contributed by atoms with Crippen molar-refractivity contribution in [3.63, 3.8) is 0 Å². The van der Waals surface area contributed by atoms with Gasteiger partial charge in [0.1, 0.15) is 6.07 Å². The minimum atomic E-state index is -0.377. The molecule has 0 spiro atoms. The van der Waals surface area contributed by atoms with Crippen molar-refractivity contribution in [1.29, 1.82) is 5.26 Å². The van der Waals surface area contributed by atoms with E-state index in [2.05, 4.69) is 27.0 Å². The fraction of sp³-hybridized carbons (Fsp3) is 0.393. The number of nitrogens with zero attached hydrogens (tertiary/aromatic N) is 4. The number of aryl methyl sites for hydroxylation is 1. The monoisotopic (exact) mass is 502 g/mol. The number of methoxy groups -OCH3 is 1. The van der Waals surface area contributed by atoms with Crippen molar-refractivity contribution in [2.24, 2.45) is 5.41 Å². The van der Waals surface area contributed by atoms with Crippen LogP contribution in [0, 0.1) is 23.7 Å². The molecule has 3 rings (SSSR count). The van der Waals surface area contributed by atoms with Gasteiger partial charge in [0.15, 0.2) is 11.4 Å². The molecule has 0 radical (unpaired) electrons. The zero-order chi connectivity index (χ0) is 27.5. The molecule has 2 N–H and O–H groups in total. The number of benzene rings is 2. The summed E-state index contributed by atoms with van der Waals surface area (Å²) in [5, 5.41) is 23.5. The third kappa shape index (κ3) is 6.53. The zero-order valence-electron chi connectivity index (χ0n) is 22.7. The molecule has 0 saturated heterocycles. The van der Waals surface area contributed by atoms with Crippen LogP contribution in [0.25, 0.3) is 5.69 Å². The maximum atomic E-state index is 13.3. The maximum Gasteiger partial charge on any atom is 0.273 e. The molecule has 2 amide bonds. The smallest absolute Gasteiger partial charge is 0.273 e. The topological polar surface area (TPSA) is 122 Å². The molecule has 0 aliphatic heterocycles. The Bertz CT molecular complexity index is 1370. The maximum absolute atomic E-state index is 13.3. The number of hydrogen-bond acceptors (Lipinski definition) is 6. The third-order valence-electron chi connectivity index (χ3n) is 5.75. The van der Waals surface area contributed by atoms with Crippen LogP contribution in [0.15, 0.2) is 36.5 Å². The average molecular weight is 503 g/mol. The lowest BCUT2D eigenvalue weighted by Crippen LogP contribution is -2.32. The van der Waals surface area contributed by atoms with Gasteiger partial charge in [-0.1, -0.05) is 52.8 Å². The van der Waals surface area contributed by atoms with E-state index in [1.807, 2.05) is 54.5 Å². The Kier molecular flexibility index (Phi) is 7.72. The summed E-state index contributed by atoms with van der Waals surface area (Å²) in [7, 11) is 1.46. The van der Waals surface area contributed by atoms with E-state index in [0.29, 0.717) is 34.8 Å². The first kappa shape index (κ1) is 27.4. The first-order valence-electron chi connectivity index (χ1n) is 12.0. The molecule has 9 heteroatoms. The molecule has 0 aliphatic carbocycles. The van der Waals surface area contributed by atoms with E-state index in [9.17, 15) is 14.9 Å². The van der Waals surface area contributed by atoms with Crippen LogP contribution in [-0.4, -0.2) is 40.5 Å². The lowest BCUT2D eigenvalue weighted by atomic mass is 9.85. The van der Waals surface area contributed by atoms with Crippen LogP contribution < -0.4 is 15.4 Å². The summed E-state index contributed by atoms with van der Waals surface area (Å²) in [4.78, 5) is 25.8. The number of nitriles is 1. The summed E-state index contributed by atoms with van der Waals surface area (Å²) >= 11 is 0. The Labute approximate surface area is 217 Å². The number of ether oxygens (including phenoxy) is 1. The Hall–Kier alpha value is -4.19. The van der Waals surface area contributed by atoms with Crippen molar-refractivity contribution < 1.29 is 14.3 Å². The molecule has 0 bridgehead atoms. The van der Waals surface area contributed by atoms with Crippen LogP contribution >= 0.6 is 0 Å². The van der Waals surface area contributed by atoms with Crippen molar-refractivity contribution in [2.45, 2.75) is 53.9 Å². The van der Waals surface area contributed by atoms with Gasteiger partial charge in [0.05, 0.1) is 30.2 Å². The number of anilines is 1. The molecule has 0 unspecified atom stereocenters. The van der Waals surface area contributed by atoms with Gasteiger partial charge < -0.3 is 15.4 Å². The van der Waals surface area contributed by atoms with E-state index < -0.39 is 0 Å². The molecule has 37 heavy (non-hydrogen) atoms. The van der Waals surface area contributed by atoms with Crippen molar-refractivity contribution in [1.82, 2.24) is 20.3 Å². The molecular weight excluding hydrogens is 468 g/mol. The summed E-state index contributed by atoms with van der Waals surface area (Å²) < 4.78 is 6.93. The molecule has 0 fully saturated rings. The van der Waals surface area contributed by atoms with Crippen LogP contribution in [0.1, 0.15) is 79.1 Å². The number of amides is 2. The van der Waals surface area contributed by atoms with Crippen molar-refractivity contribution >= 4 is 17.5 Å². The SMILES string of the molecule is COc1c(C#N)cc(C(C)(C)C)cc1NC(=O)c1ccc(C)c(-n2cc(C(=O)NCC(C)(C)C)nn2)c1. The van der Waals surface area contributed by atoms with Crippen LogP contribution in [0.4, 0.5) is 5.69 Å². The van der Waals surface area contributed by atoms with Gasteiger partial charge in [-0.3, -0.25) is 9.59 Å². The van der Waals surface area contributed by atoms with E-state index in [0.717, 1.165) is 11.1 Å². The Morgan fingerprint density at radius 3 is 2.38 bits per heavy atom. The highest BCUT2D eigenvalue weighted by molar-refractivity contribution is 6.05. The summed E-state index contributed by atoms with van der Waals surface area (Å²) in [6.07, 6.45) is 1.54. The number of rotatable bonds is 6. The Morgan fingerprint density at radius 2 is 1.78 bits per heavy atom. The fourth-order valence-corrected chi connectivity index (χ4v) is 3.57. The van der Waals surface area contributed by atoms with Crippen LogP contribution in [0.3, 0.4) is 0 Å². The van der Waals surface area contributed by atoms with Gasteiger partial charge in [0.2, 0.25) is 0 Å². The van der Waals surface area contributed by atoms with Crippen molar-refractivity contribution in [2.75, 3.05) is 19.0 Å². The minimum Gasteiger partial charge on any atom is -0.493 e. The normalized spacial score (nSPS) is 11.5. The molecule has 0 atom stereocenters. The summed E-state index contributed by atoms with van der Waals surface area (Å²) in [6, 6.07) is 10.9. The molecule has 0 aliphatic rings. The molecule has 3 aromatic rings. The van der Waals surface area contributed by atoms with Gasteiger partial charge in [-0.25, -0.2) is 4.68 Å². The van der Waals surface area contributed by atoms with Gasteiger partial charge >= 0.3 is 0 Å². The van der Waals surface area contributed by atoms with Gasteiger partial charge in [0.25, 0.3) is 11.8 Å². The Balaban J connectivity index is 1.91. The number of carbonyl (C=O) groups excluding carboxylic acids is 2. The average Bonchev–Trinajstić information content (AvgIpc) is 3.31. The van der Waals surface area contributed by atoms with Crippen LogP contribution in [0.2, 0.25) is 0 Å². The predicted molar refractivity (Wildman–Crippen MR) is 142 cm³/mol. The summed E-state index contributed by atoms with van der Waals surface area (Å²) in [5.41, 5.74) is 3.37. The number of nitrogens with one attached hydrogen (secondary N) is 2. The lowest BCUT2D eigenvalue weighted by Gasteiger charge is -2.22. The number of aromatic nitrogens is 3. The highest BCUT2D eigenvalue weighted by Crippen LogP contribution is 2.35. The summed E-state index contributed by atoms with van der Waals surface area (Å²) in [5.74, 6) is -0.386. The third-order valence-corrected chi connectivity index (χ3v) is 5.75. The second kappa shape index (κ2) is 10.4. The molecule has 9 nitrogen and oxygen atoms in total. The quantitative estimate of drug-likeness (QED) is 0.500. The van der Waals surface area contributed by atoms with Crippen molar-refractivity contribution in [3.05, 3.63) is 64.5 Å². The lowest BCUT2D eigenvalue weighted by molar-refractivity contribution is 0.0933. The van der Waals surface area contributed by atoms with E-state index in [4.69, 9.17) is 4.74 Å². The molecule has 1 heterocycles. The summed E-state index contributed by atoms with van der Waals surface area (Å²) in [6.45, 7) is 14.6. The molecule has 2 aromatic carbocycles. The molecule has 1 aromatic heterocycles. The van der Waals surface area contributed by atoms with Crippen LogP contribution in [0.5, 0.6) is 5.75 Å². The fourth-order valence-electron chi connectivity index (χ4n) is 3.57. The standard InChI is InChI=1S/C28H34N6O3/c1-17-9-10-18(12-23(17)34-15-22(32-33-34)26(36)30-16-27(2,3)4)25(35)31-21-13-20(28(5,6)7)11-19(14-29)24(21)37-8/h9-13,15H,16H2,1-8H3,(H,30,36)(H,31,35). The van der Waals surface area contributed by atoms with Gasteiger partial charge in [-0.2, -0.15) is 5.26 Å². The molecular formula is C28H34N6O3. The second-order valence-corrected chi connectivity index (χ2v) is 11.2. The predicted octanol–water partition coefficient (Wildman–Crippen LogP) is 4.78. The second-order valence-electron chi connectivity index (χ2n) is 11.2. The van der Waals surface area contributed by atoms with E-state index >= 15 is 0 Å². The van der Waals surface area contributed by atoms with Crippen LogP contribution in [-0.2, 0) is 5.41 Å². The Morgan fingerprint density at radius 1 is 1.08 bits per heavy atom. The van der Waals surface area contributed by atoms with Gasteiger partial charge in [-0.05, 0) is 53.1 Å². The highest BCUT2D eigenvalue weighted by Gasteiger charge is 2.22. The highest BCUT2D eigenvalue weighted by atomic mass is 16.5.